The number of hydrogen-bond donors (Lipinski definition) is 1. The summed E-state index contributed by atoms with van der Waals surface area (Å²) in [5.74, 6) is 0.204. The lowest BCUT2D eigenvalue weighted by Gasteiger charge is -2.36. The van der Waals surface area contributed by atoms with E-state index in [1.54, 1.807) is 4.90 Å². The van der Waals surface area contributed by atoms with Gasteiger partial charge in [0.25, 0.3) is 0 Å². The van der Waals surface area contributed by atoms with Crippen molar-refractivity contribution in [2.45, 2.75) is 20.3 Å². The highest BCUT2D eigenvalue weighted by Crippen LogP contribution is 2.20. The zero-order valence-electron chi connectivity index (χ0n) is 13.7. The number of carboxylic acid groups (broad SMARTS) is 1. The molecule has 1 fully saturated rings. The van der Waals surface area contributed by atoms with Gasteiger partial charge < -0.3 is 14.9 Å². The van der Waals surface area contributed by atoms with Gasteiger partial charge in [0.05, 0.1) is 13.1 Å². The number of nitrogens with zero attached hydrogens (tertiary/aromatic N) is 3. The second-order valence-electron chi connectivity index (χ2n) is 6.65. The molecule has 0 spiro atoms. The summed E-state index contributed by atoms with van der Waals surface area (Å²) in [5.41, 5.74) is 0. The lowest BCUT2D eigenvalue weighted by molar-refractivity contribution is -0.140. The van der Waals surface area contributed by atoms with Crippen molar-refractivity contribution >= 4 is 11.9 Å². The lowest BCUT2D eigenvalue weighted by Crippen LogP contribution is -2.48. The molecule has 2 unspecified atom stereocenters. The van der Waals surface area contributed by atoms with Crippen LogP contribution in [0.4, 0.5) is 0 Å². The molecule has 6 heteroatoms. The van der Waals surface area contributed by atoms with Crippen molar-refractivity contribution in [2.75, 3.05) is 53.4 Å². The molecule has 122 valence electrons. The van der Waals surface area contributed by atoms with E-state index in [2.05, 4.69) is 13.8 Å². The van der Waals surface area contributed by atoms with Gasteiger partial charge in [0.2, 0.25) is 5.91 Å². The molecule has 0 saturated carbocycles. The predicted molar refractivity (Wildman–Crippen MR) is 82.2 cm³/mol. The third-order valence-corrected chi connectivity index (χ3v) is 3.80. The van der Waals surface area contributed by atoms with Crippen LogP contribution in [0.25, 0.3) is 0 Å². The van der Waals surface area contributed by atoms with Gasteiger partial charge in [0.1, 0.15) is 0 Å². The van der Waals surface area contributed by atoms with E-state index in [9.17, 15) is 9.59 Å². The first-order valence-corrected chi connectivity index (χ1v) is 7.64. The van der Waals surface area contributed by atoms with E-state index in [1.807, 2.05) is 23.9 Å². The number of rotatable bonds is 7. The fourth-order valence-corrected chi connectivity index (χ4v) is 2.90. The van der Waals surface area contributed by atoms with Crippen LogP contribution in [-0.4, -0.2) is 85.0 Å². The quantitative estimate of drug-likeness (QED) is 0.739. The topological polar surface area (TPSA) is 64.1 Å². The number of carboxylic acids is 1. The van der Waals surface area contributed by atoms with E-state index >= 15 is 0 Å². The largest absolute Gasteiger partial charge is 0.480 e. The Morgan fingerprint density at radius 2 is 1.67 bits per heavy atom. The minimum atomic E-state index is -0.887. The van der Waals surface area contributed by atoms with E-state index < -0.39 is 5.97 Å². The van der Waals surface area contributed by atoms with Gasteiger partial charge in [-0.2, -0.15) is 0 Å². The molecule has 1 rings (SSSR count). The van der Waals surface area contributed by atoms with E-state index in [-0.39, 0.29) is 19.0 Å². The molecule has 21 heavy (non-hydrogen) atoms. The summed E-state index contributed by atoms with van der Waals surface area (Å²) in [6.07, 6.45) is 1.16. The normalized spacial score (nSPS) is 22.9. The molecule has 0 bridgehead atoms. The predicted octanol–water partition coefficient (Wildman–Crippen LogP) is 0.439. The smallest absolute Gasteiger partial charge is 0.317 e. The Morgan fingerprint density at radius 1 is 1.10 bits per heavy atom. The van der Waals surface area contributed by atoms with E-state index in [1.165, 1.54) is 0 Å². The van der Waals surface area contributed by atoms with E-state index in [0.717, 1.165) is 26.1 Å². The highest BCUT2D eigenvalue weighted by molar-refractivity contribution is 5.79. The van der Waals surface area contributed by atoms with Gasteiger partial charge in [0.15, 0.2) is 0 Å². The Bertz CT molecular complexity index is 350. The van der Waals surface area contributed by atoms with Gasteiger partial charge in [-0.3, -0.25) is 14.5 Å². The molecular weight excluding hydrogens is 270 g/mol. The molecule has 1 heterocycles. The highest BCUT2D eigenvalue weighted by Gasteiger charge is 2.26. The zero-order valence-corrected chi connectivity index (χ0v) is 13.7. The van der Waals surface area contributed by atoms with Gasteiger partial charge >= 0.3 is 5.97 Å². The SMILES string of the molecule is CC1CC(C)CN(C(=O)CN(CCN(C)C)CC(=O)O)C1. The Morgan fingerprint density at radius 3 is 2.14 bits per heavy atom. The standard InChI is InChI=1S/C15H29N3O3/c1-12-7-13(2)9-18(8-12)14(19)10-17(11-15(20)21)6-5-16(3)4/h12-13H,5-11H2,1-4H3,(H,20,21). The van der Waals surface area contributed by atoms with Crippen LogP contribution < -0.4 is 0 Å². The summed E-state index contributed by atoms with van der Waals surface area (Å²) in [6.45, 7) is 7.35. The zero-order chi connectivity index (χ0) is 16.0. The highest BCUT2D eigenvalue weighted by atomic mass is 16.4. The van der Waals surface area contributed by atoms with Crippen LogP contribution in [-0.2, 0) is 9.59 Å². The number of likely N-dealkylation sites (N-methyl/N-ethyl adjacent to an activating group) is 1. The third-order valence-electron chi connectivity index (χ3n) is 3.80. The Balaban J connectivity index is 2.55. The second-order valence-corrected chi connectivity index (χ2v) is 6.65. The van der Waals surface area contributed by atoms with Crippen molar-refractivity contribution in [1.82, 2.24) is 14.7 Å². The molecule has 0 radical (unpaired) electrons. The van der Waals surface area contributed by atoms with Gasteiger partial charge in [-0.25, -0.2) is 0 Å². The van der Waals surface area contributed by atoms with Crippen LogP contribution in [0, 0.1) is 11.8 Å². The Hall–Kier alpha value is -1.14. The second kappa shape index (κ2) is 8.34. The summed E-state index contributed by atoms with van der Waals surface area (Å²) >= 11 is 0. The summed E-state index contributed by atoms with van der Waals surface area (Å²) in [6, 6.07) is 0. The molecule has 0 aromatic carbocycles. The monoisotopic (exact) mass is 299 g/mol. The molecule has 1 aliphatic rings. The molecule has 1 saturated heterocycles. The van der Waals surface area contributed by atoms with Crippen LogP contribution in [0.2, 0.25) is 0 Å². The average molecular weight is 299 g/mol. The van der Waals surface area contributed by atoms with Crippen LogP contribution in [0.3, 0.4) is 0 Å². The third kappa shape index (κ3) is 6.91. The molecule has 1 amide bonds. The first-order chi connectivity index (χ1) is 9.77. The number of aliphatic carboxylic acids is 1. The summed E-state index contributed by atoms with van der Waals surface area (Å²) < 4.78 is 0. The number of amides is 1. The molecule has 0 aromatic heterocycles. The Labute approximate surface area is 127 Å². The van der Waals surface area contributed by atoms with Crippen molar-refractivity contribution in [3.63, 3.8) is 0 Å². The van der Waals surface area contributed by atoms with Crippen LogP contribution in [0.5, 0.6) is 0 Å². The summed E-state index contributed by atoms with van der Waals surface area (Å²) in [7, 11) is 3.88. The fraction of sp³-hybridized carbons (Fsp3) is 0.867. The van der Waals surface area contributed by atoms with Gasteiger partial charge in [-0.1, -0.05) is 13.8 Å². The lowest BCUT2D eigenvalue weighted by atomic mass is 9.92. The maximum atomic E-state index is 12.4. The van der Waals surface area contributed by atoms with Crippen LogP contribution in [0.1, 0.15) is 20.3 Å². The molecule has 1 N–H and O–H groups in total. The maximum Gasteiger partial charge on any atom is 0.317 e. The maximum absolute atomic E-state index is 12.4. The molecule has 0 aliphatic carbocycles. The summed E-state index contributed by atoms with van der Waals surface area (Å²) in [5, 5.41) is 8.98. The van der Waals surface area contributed by atoms with E-state index in [0.29, 0.717) is 18.4 Å². The molecule has 2 atom stereocenters. The molecule has 6 nitrogen and oxygen atoms in total. The number of hydrogen-bond acceptors (Lipinski definition) is 4. The number of piperidine rings is 1. The molecular formula is C15H29N3O3. The van der Waals surface area contributed by atoms with Crippen molar-refractivity contribution < 1.29 is 14.7 Å². The average Bonchev–Trinajstić information content (AvgIpc) is 2.33. The molecule has 1 aliphatic heterocycles. The van der Waals surface area contributed by atoms with E-state index in [4.69, 9.17) is 5.11 Å². The Kier molecular flexibility index (Phi) is 7.11. The number of carbonyl (C=O) groups is 2. The number of carbonyl (C=O) groups excluding carboxylic acids is 1. The van der Waals surface area contributed by atoms with Crippen molar-refractivity contribution in [3.8, 4) is 0 Å². The minimum Gasteiger partial charge on any atom is -0.480 e. The first-order valence-electron chi connectivity index (χ1n) is 7.64. The van der Waals surface area contributed by atoms with Gasteiger partial charge in [-0.15, -0.1) is 0 Å². The molecule has 0 aromatic rings. The van der Waals surface area contributed by atoms with Crippen molar-refractivity contribution in [2.24, 2.45) is 11.8 Å². The number of likely N-dealkylation sites (tertiary alicyclic amines) is 1. The van der Waals surface area contributed by atoms with Crippen molar-refractivity contribution in [1.29, 1.82) is 0 Å². The van der Waals surface area contributed by atoms with Crippen LogP contribution in [0.15, 0.2) is 0 Å². The fourth-order valence-electron chi connectivity index (χ4n) is 2.90. The van der Waals surface area contributed by atoms with Crippen LogP contribution >= 0.6 is 0 Å². The minimum absolute atomic E-state index is 0.0495. The summed E-state index contributed by atoms with van der Waals surface area (Å²) in [4.78, 5) is 28.9. The van der Waals surface area contributed by atoms with Crippen molar-refractivity contribution in [3.05, 3.63) is 0 Å². The first kappa shape index (κ1) is 17.9. The van der Waals surface area contributed by atoms with Gasteiger partial charge in [0, 0.05) is 26.2 Å². The van der Waals surface area contributed by atoms with Gasteiger partial charge in [-0.05, 0) is 32.4 Å².